The highest BCUT2D eigenvalue weighted by Gasteiger charge is 2.28. The monoisotopic (exact) mass is 256 g/mol. The van der Waals surface area contributed by atoms with Crippen molar-refractivity contribution in [2.75, 3.05) is 14.2 Å². The van der Waals surface area contributed by atoms with Gasteiger partial charge in [-0.3, -0.25) is 14.4 Å². The summed E-state index contributed by atoms with van der Waals surface area (Å²) in [6, 6.07) is 0. The van der Waals surface area contributed by atoms with E-state index < -0.39 is 5.97 Å². The minimum atomic E-state index is -0.492. The number of hydrogen-bond acceptors (Lipinski definition) is 5. The van der Waals surface area contributed by atoms with Crippen molar-refractivity contribution in [1.82, 2.24) is 0 Å². The molecule has 1 fully saturated rings. The number of rotatable bonds is 4. The maximum Gasteiger partial charge on any atom is 0.313 e. The summed E-state index contributed by atoms with van der Waals surface area (Å²) in [6.45, 7) is 0. The number of ether oxygens (including phenoxy) is 2. The second kappa shape index (κ2) is 7.13. The quantitative estimate of drug-likeness (QED) is 0.433. The Bertz CT molecular complexity index is 323. The predicted molar refractivity (Wildman–Crippen MR) is 63.7 cm³/mol. The van der Waals surface area contributed by atoms with E-state index in [2.05, 4.69) is 4.74 Å². The molecule has 0 radical (unpaired) electrons. The normalized spacial score (nSPS) is 23.9. The molecular weight excluding hydrogens is 236 g/mol. The van der Waals surface area contributed by atoms with Crippen LogP contribution in [-0.4, -0.2) is 31.9 Å². The first-order valence-electron chi connectivity index (χ1n) is 6.25. The Hall–Kier alpha value is -1.39. The standard InChI is InChI=1S/C13H20O5/c1-17-12(15)8-11(14)9-4-3-5-10(7-6-9)13(16)18-2/h9-10H,3-8H2,1-2H3. The lowest BCUT2D eigenvalue weighted by atomic mass is 9.93. The molecule has 1 aliphatic rings. The van der Waals surface area contributed by atoms with Gasteiger partial charge in [0.05, 0.1) is 20.1 Å². The molecule has 0 amide bonds. The first-order chi connectivity index (χ1) is 8.58. The first kappa shape index (κ1) is 14.7. The number of carbonyl (C=O) groups is 3. The van der Waals surface area contributed by atoms with E-state index in [0.29, 0.717) is 12.8 Å². The molecule has 0 heterocycles. The van der Waals surface area contributed by atoms with E-state index in [4.69, 9.17) is 4.74 Å². The zero-order valence-corrected chi connectivity index (χ0v) is 10.9. The molecule has 0 aromatic carbocycles. The Balaban J connectivity index is 2.48. The van der Waals surface area contributed by atoms with Gasteiger partial charge in [-0.25, -0.2) is 0 Å². The van der Waals surface area contributed by atoms with Crippen molar-refractivity contribution < 1.29 is 23.9 Å². The van der Waals surface area contributed by atoms with Crippen molar-refractivity contribution in [1.29, 1.82) is 0 Å². The van der Waals surface area contributed by atoms with E-state index in [0.717, 1.165) is 19.3 Å². The van der Waals surface area contributed by atoms with Crippen molar-refractivity contribution in [3.05, 3.63) is 0 Å². The minimum absolute atomic E-state index is 0.0765. The number of carbonyl (C=O) groups excluding carboxylic acids is 3. The Morgan fingerprint density at radius 1 is 0.944 bits per heavy atom. The molecule has 0 N–H and O–H groups in total. The zero-order valence-electron chi connectivity index (χ0n) is 10.9. The highest BCUT2D eigenvalue weighted by atomic mass is 16.5. The number of ketones is 1. The summed E-state index contributed by atoms with van der Waals surface area (Å²) < 4.78 is 9.21. The molecule has 5 nitrogen and oxygen atoms in total. The second-order valence-electron chi connectivity index (χ2n) is 4.64. The highest BCUT2D eigenvalue weighted by Crippen LogP contribution is 2.29. The lowest BCUT2D eigenvalue weighted by Crippen LogP contribution is -2.19. The number of Topliss-reactive ketones (excluding diaryl/α,β-unsaturated/α-hetero) is 1. The van der Waals surface area contributed by atoms with Crippen LogP contribution in [0.5, 0.6) is 0 Å². The van der Waals surface area contributed by atoms with Gasteiger partial charge in [0, 0.05) is 5.92 Å². The molecule has 0 bridgehead atoms. The van der Waals surface area contributed by atoms with Crippen molar-refractivity contribution in [3.8, 4) is 0 Å². The fourth-order valence-corrected chi connectivity index (χ4v) is 2.38. The Morgan fingerprint density at radius 2 is 1.56 bits per heavy atom. The Kier molecular flexibility index (Phi) is 5.82. The first-order valence-corrected chi connectivity index (χ1v) is 6.25. The average Bonchev–Trinajstić information content (AvgIpc) is 2.63. The zero-order chi connectivity index (χ0) is 13.5. The van der Waals surface area contributed by atoms with Crippen LogP contribution >= 0.6 is 0 Å². The van der Waals surface area contributed by atoms with Crippen LogP contribution in [0, 0.1) is 11.8 Å². The van der Waals surface area contributed by atoms with E-state index >= 15 is 0 Å². The molecule has 1 rings (SSSR count). The molecule has 5 heteroatoms. The van der Waals surface area contributed by atoms with E-state index in [-0.39, 0.29) is 30.0 Å². The topological polar surface area (TPSA) is 69.7 Å². The van der Waals surface area contributed by atoms with Crippen molar-refractivity contribution in [2.24, 2.45) is 11.8 Å². The van der Waals surface area contributed by atoms with Gasteiger partial charge in [0.15, 0.2) is 0 Å². The van der Waals surface area contributed by atoms with E-state index in [9.17, 15) is 14.4 Å². The third-order valence-corrected chi connectivity index (χ3v) is 3.50. The summed E-state index contributed by atoms with van der Waals surface area (Å²) >= 11 is 0. The van der Waals surface area contributed by atoms with Crippen LogP contribution in [0.4, 0.5) is 0 Å². The molecule has 2 atom stereocenters. The van der Waals surface area contributed by atoms with E-state index in [1.165, 1.54) is 14.2 Å². The molecule has 0 saturated heterocycles. The van der Waals surface area contributed by atoms with Crippen LogP contribution in [0.1, 0.15) is 38.5 Å². The van der Waals surface area contributed by atoms with Crippen LogP contribution in [0.15, 0.2) is 0 Å². The van der Waals surface area contributed by atoms with Crippen LogP contribution < -0.4 is 0 Å². The van der Waals surface area contributed by atoms with Crippen LogP contribution in [0.3, 0.4) is 0 Å². The maximum atomic E-state index is 11.8. The fourth-order valence-electron chi connectivity index (χ4n) is 2.38. The molecular formula is C13H20O5. The summed E-state index contributed by atoms with van der Waals surface area (Å²) in [7, 11) is 2.66. The lowest BCUT2D eigenvalue weighted by Gasteiger charge is -2.12. The molecule has 2 unspecified atom stereocenters. The average molecular weight is 256 g/mol. The van der Waals surface area contributed by atoms with Gasteiger partial charge in [-0.05, 0) is 25.7 Å². The van der Waals surface area contributed by atoms with Crippen molar-refractivity contribution >= 4 is 17.7 Å². The lowest BCUT2D eigenvalue weighted by molar-refractivity contribution is -0.147. The number of hydrogen-bond donors (Lipinski definition) is 0. The Labute approximate surface area is 107 Å². The molecule has 0 aromatic rings. The largest absolute Gasteiger partial charge is 0.469 e. The summed E-state index contributed by atoms with van der Waals surface area (Å²) in [5.41, 5.74) is 0. The molecule has 1 aliphatic carbocycles. The SMILES string of the molecule is COC(=O)CC(=O)C1CCCC(C(=O)OC)CC1. The minimum Gasteiger partial charge on any atom is -0.469 e. The molecule has 0 spiro atoms. The van der Waals surface area contributed by atoms with Crippen LogP contribution in [-0.2, 0) is 23.9 Å². The summed E-state index contributed by atoms with van der Waals surface area (Å²) in [5, 5.41) is 0. The summed E-state index contributed by atoms with van der Waals surface area (Å²) in [6.07, 6.45) is 3.46. The molecule has 0 aromatic heterocycles. The van der Waals surface area contributed by atoms with Crippen LogP contribution in [0.2, 0.25) is 0 Å². The van der Waals surface area contributed by atoms with Gasteiger partial charge < -0.3 is 9.47 Å². The Morgan fingerprint density at radius 3 is 2.17 bits per heavy atom. The van der Waals surface area contributed by atoms with Gasteiger partial charge >= 0.3 is 11.9 Å². The molecule has 0 aliphatic heterocycles. The highest BCUT2D eigenvalue weighted by molar-refractivity contribution is 5.96. The van der Waals surface area contributed by atoms with Gasteiger partial charge in [0.2, 0.25) is 0 Å². The second-order valence-corrected chi connectivity index (χ2v) is 4.64. The third kappa shape index (κ3) is 4.13. The van der Waals surface area contributed by atoms with Crippen LogP contribution in [0.25, 0.3) is 0 Å². The van der Waals surface area contributed by atoms with Gasteiger partial charge in [0.25, 0.3) is 0 Å². The number of esters is 2. The molecule has 102 valence electrons. The van der Waals surface area contributed by atoms with Crippen molar-refractivity contribution in [3.63, 3.8) is 0 Å². The summed E-state index contributed by atoms with van der Waals surface area (Å²) in [5.74, 6) is -0.998. The third-order valence-electron chi connectivity index (χ3n) is 3.50. The molecule has 18 heavy (non-hydrogen) atoms. The van der Waals surface area contributed by atoms with E-state index in [1.54, 1.807) is 0 Å². The van der Waals surface area contributed by atoms with Crippen molar-refractivity contribution in [2.45, 2.75) is 38.5 Å². The smallest absolute Gasteiger partial charge is 0.313 e. The maximum absolute atomic E-state index is 11.8. The number of methoxy groups -OCH3 is 2. The summed E-state index contributed by atoms with van der Waals surface area (Å²) in [4.78, 5) is 34.3. The fraction of sp³-hybridized carbons (Fsp3) is 0.769. The van der Waals surface area contributed by atoms with E-state index in [1.807, 2.05) is 0 Å². The van der Waals surface area contributed by atoms with Gasteiger partial charge in [0.1, 0.15) is 12.2 Å². The van der Waals surface area contributed by atoms with Gasteiger partial charge in [-0.1, -0.05) is 6.42 Å². The van der Waals surface area contributed by atoms with Gasteiger partial charge in [-0.2, -0.15) is 0 Å². The molecule has 1 saturated carbocycles. The predicted octanol–water partition coefficient (Wildman–Crippen LogP) is 1.49. The van der Waals surface area contributed by atoms with Gasteiger partial charge in [-0.15, -0.1) is 0 Å².